The molecular weight excluding hydrogens is 256 g/mol. The number of carbonyl (C=O) groups is 1. The SMILES string of the molecule is COc1ccc(C(=O)NCCNC2=NCCN2C)cc1. The third-order valence-corrected chi connectivity index (χ3v) is 3.10. The van der Waals surface area contributed by atoms with E-state index in [9.17, 15) is 4.79 Å². The van der Waals surface area contributed by atoms with Crippen molar-refractivity contribution in [3.05, 3.63) is 29.8 Å². The third kappa shape index (κ3) is 3.63. The van der Waals surface area contributed by atoms with Crippen molar-refractivity contribution >= 4 is 11.9 Å². The fourth-order valence-corrected chi connectivity index (χ4v) is 1.92. The number of nitrogens with one attached hydrogen (secondary N) is 2. The van der Waals surface area contributed by atoms with Crippen molar-refractivity contribution in [2.45, 2.75) is 0 Å². The van der Waals surface area contributed by atoms with Crippen LogP contribution in [0.3, 0.4) is 0 Å². The van der Waals surface area contributed by atoms with Crippen LogP contribution in [0.4, 0.5) is 0 Å². The van der Waals surface area contributed by atoms with E-state index in [1.807, 2.05) is 7.05 Å². The maximum Gasteiger partial charge on any atom is 0.251 e. The summed E-state index contributed by atoms with van der Waals surface area (Å²) in [5, 5.41) is 6.06. The Morgan fingerprint density at radius 1 is 1.35 bits per heavy atom. The first-order valence-corrected chi connectivity index (χ1v) is 6.62. The summed E-state index contributed by atoms with van der Waals surface area (Å²) in [7, 11) is 3.60. The summed E-state index contributed by atoms with van der Waals surface area (Å²) < 4.78 is 5.05. The molecule has 0 fully saturated rings. The Morgan fingerprint density at radius 2 is 2.10 bits per heavy atom. The Kier molecular flexibility index (Phi) is 4.81. The first-order chi connectivity index (χ1) is 9.70. The Labute approximate surface area is 118 Å². The molecule has 0 radical (unpaired) electrons. The highest BCUT2D eigenvalue weighted by atomic mass is 16.5. The number of ether oxygens (including phenoxy) is 1. The van der Waals surface area contributed by atoms with Crippen LogP contribution in [0.2, 0.25) is 0 Å². The molecular formula is C14H20N4O2. The van der Waals surface area contributed by atoms with Gasteiger partial charge in [-0.1, -0.05) is 0 Å². The molecule has 1 aromatic carbocycles. The number of likely N-dealkylation sites (N-methyl/N-ethyl adjacent to an activating group) is 1. The number of benzene rings is 1. The van der Waals surface area contributed by atoms with E-state index < -0.39 is 0 Å². The van der Waals surface area contributed by atoms with Crippen LogP contribution in [0.15, 0.2) is 29.3 Å². The molecule has 108 valence electrons. The molecule has 0 saturated heterocycles. The minimum atomic E-state index is -0.0869. The zero-order chi connectivity index (χ0) is 14.4. The second kappa shape index (κ2) is 6.79. The van der Waals surface area contributed by atoms with Gasteiger partial charge < -0.3 is 20.3 Å². The summed E-state index contributed by atoms with van der Waals surface area (Å²) in [6.07, 6.45) is 0. The number of carbonyl (C=O) groups excluding carboxylic acids is 1. The average molecular weight is 276 g/mol. The first kappa shape index (κ1) is 14.2. The second-order valence-electron chi connectivity index (χ2n) is 4.54. The standard InChI is InChI=1S/C14H20N4O2/c1-18-10-9-17-14(18)16-8-7-15-13(19)11-3-5-12(20-2)6-4-11/h3-6H,7-10H2,1-2H3,(H,15,19)(H,16,17). The molecule has 0 aliphatic carbocycles. The molecule has 1 aliphatic heterocycles. The Hall–Kier alpha value is -2.24. The number of methoxy groups -OCH3 is 1. The van der Waals surface area contributed by atoms with Crippen molar-refractivity contribution in [2.75, 3.05) is 40.3 Å². The van der Waals surface area contributed by atoms with E-state index in [4.69, 9.17) is 4.74 Å². The Balaban J connectivity index is 1.72. The largest absolute Gasteiger partial charge is 0.497 e. The Bertz CT molecular complexity index is 484. The summed E-state index contributed by atoms with van der Waals surface area (Å²) in [4.78, 5) is 18.3. The van der Waals surface area contributed by atoms with Gasteiger partial charge in [0.05, 0.1) is 13.7 Å². The molecule has 1 amide bonds. The van der Waals surface area contributed by atoms with Crippen molar-refractivity contribution in [2.24, 2.45) is 4.99 Å². The lowest BCUT2D eigenvalue weighted by atomic mass is 10.2. The highest BCUT2D eigenvalue weighted by Gasteiger charge is 2.11. The normalized spacial score (nSPS) is 13.9. The molecule has 1 aromatic rings. The number of hydrogen-bond donors (Lipinski definition) is 2. The van der Waals surface area contributed by atoms with Crippen molar-refractivity contribution in [1.82, 2.24) is 15.5 Å². The van der Waals surface area contributed by atoms with E-state index in [-0.39, 0.29) is 5.91 Å². The summed E-state index contributed by atoms with van der Waals surface area (Å²) in [5.41, 5.74) is 0.626. The van der Waals surface area contributed by atoms with Gasteiger partial charge in [0.1, 0.15) is 5.75 Å². The maximum atomic E-state index is 11.9. The molecule has 2 rings (SSSR count). The molecule has 0 aromatic heterocycles. The van der Waals surface area contributed by atoms with Crippen LogP contribution in [0, 0.1) is 0 Å². The topological polar surface area (TPSA) is 66.0 Å². The minimum absolute atomic E-state index is 0.0869. The van der Waals surface area contributed by atoms with Crippen LogP contribution < -0.4 is 15.4 Å². The van der Waals surface area contributed by atoms with Crippen molar-refractivity contribution in [3.63, 3.8) is 0 Å². The van der Waals surface area contributed by atoms with Crippen LogP contribution in [0.5, 0.6) is 5.75 Å². The lowest BCUT2D eigenvalue weighted by Crippen LogP contribution is -2.40. The lowest BCUT2D eigenvalue weighted by Gasteiger charge is -2.15. The fraction of sp³-hybridized carbons (Fsp3) is 0.429. The molecule has 1 heterocycles. The summed E-state index contributed by atoms with van der Waals surface area (Å²) >= 11 is 0. The van der Waals surface area contributed by atoms with Crippen molar-refractivity contribution in [1.29, 1.82) is 0 Å². The molecule has 1 aliphatic rings. The van der Waals surface area contributed by atoms with E-state index in [0.29, 0.717) is 18.7 Å². The number of hydrogen-bond acceptors (Lipinski definition) is 5. The highest BCUT2D eigenvalue weighted by Crippen LogP contribution is 2.10. The van der Waals surface area contributed by atoms with Crippen molar-refractivity contribution in [3.8, 4) is 5.75 Å². The van der Waals surface area contributed by atoms with Crippen LogP contribution in [0.1, 0.15) is 10.4 Å². The van der Waals surface area contributed by atoms with Crippen LogP contribution >= 0.6 is 0 Å². The van der Waals surface area contributed by atoms with Gasteiger partial charge in [-0.05, 0) is 24.3 Å². The van der Waals surface area contributed by atoms with Gasteiger partial charge >= 0.3 is 0 Å². The van der Waals surface area contributed by atoms with E-state index in [0.717, 1.165) is 24.8 Å². The van der Waals surface area contributed by atoms with Crippen molar-refractivity contribution < 1.29 is 9.53 Å². The lowest BCUT2D eigenvalue weighted by molar-refractivity contribution is 0.0954. The van der Waals surface area contributed by atoms with Gasteiger partial charge in [0, 0.05) is 32.2 Å². The van der Waals surface area contributed by atoms with Gasteiger partial charge in [-0.2, -0.15) is 0 Å². The third-order valence-electron chi connectivity index (χ3n) is 3.10. The predicted molar refractivity (Wildman–Crippen MR) is 78.3 cm³/mol. The van der Waals surface area contributed by atoms with Gasteiger partial charge in [0.2, 0.25) is 0 Å². The molecule has 0 atom stereocenters. The molecule has 6 nitrogen and oxygen atoms in total. The molecule has 20 heavy (non-hydrogen) atoms. The zero-order valence-corrected chi connectivity index (χ0v) is 11.8. The van der Waals surface area contributed by atoms with Gasteiger partial charge in [-0.25, -0.2) is 0 Å². The van der Waals surface area contributed by atoms with Crippen LogP contribution in [0.25, 0.3) is 0 Å². The van der Waals surface area contributed by atoms with Gasteiger partial charge in [0.15, 0.2) is 5.96 Å². The molecule has 2 N–H and O–H groups in total. The smallest absolute Gasteiger partial charge is 0.251 e. The van der Waals surface area contributed by atoms with E-state index in [1.165, 1.54) is 0 Å². The summed E-state index contributed by atoms with van der Waals surface area (Å²) in [6.45, 7) is 2.99. The summed E-state index contributed by atoms with van der Waals surface area (Å²) in [5.74, 6) is 1.55. The number of rotatable bonds is 5. The van der Waals surface area contributed by atoms with Crippen LogP contribution in [-0.4, -0.2) is 57.1 Å². The average Bonchev–Trinajstić information content (AvgIpc) is 2.89. The maximum absolute atomic E-state index is 11.9. The predicted octanol–water partition coefficient (Wildman–Crippen LogP) is 0.316. The summed E-state index contributed by atoms with van der Waals surface area (Å²) in [6, 6.07) is 7.04. The van der Waals surface area contributed by atoms with Gasteiger partial charge in [0.25, 0.3) is 5.91 Å². The van der Waals surface area contributed by atoms with E-state index in [1.54, 1.807) is 31.4 Å². The van der Waals surface area contributed by atoms with Crippen LogP contribution in [-0.2, 0) is 0 Å². The molecule has 0 unspecified atom stereocenters. The molecule has 0 saturated carbocycles. The molecule has 0 bridgehead atoms. The van der Waals surface area contributed by atoms with Gasteiger partial charge in [-0.15, -0.1) is 0 Å². The van der Waals surface area contributed by atoms with E-state index in [2.05, 4.69) is 20.5 Å². The molecule has 0 spiro atoms. The van der Waals surface area contributed by atoms with Gasteiger partial charge in [-0.3, -0.25) is 9.79 Å². The number of nitrogens with zero attached hydrogens (tertiary/aromatic N) is 2. The highest BCUT2D eigenvalue weighted by molar-refractivity contribution is 5.94. The first-order valence-electron chi connectivity index (χ1n) is 6.62. The molecule has 6 heteroatoms. The van der Waals surface area contributed by atoms with E-state index >= 15 is 0 Å². The fourth-order valence-electron chi connectivity index (χ4n) is 1.92. The number of guanidine groups is 1. The number of amides is 1. The zero-order valence-electron chi connectivity index (χ0n) is 11.8. The minimum Gasteiger partial charge on any atom is -0.497 e. The quantitative estimate of drug-likeness (QED) is 0.760. The number of aliphatic imine (C=N–C) groups is 1. The monoisotopic (exact) mass is 276 g/mol. The Morgan fingerprint density at radius 3 is 2.70 bits per heavy atom. The second-order valence-corrected chi connectivity index (χ2v) is 4.54.